The second-order valence-corrected chi connectivity index (χ2v) is 7.09. The maximum Gasteiger partial charge on any atom is 0.254 e. The van der Waals surface area contributed by atoms with Gasteiger partial charge in [-0.1, -0.05) is 42.0 Å². The smallest absolute Gasteiger partial charge is 0.254 e. The molecule has 2 amide bonds. The molecule has 2 aromatic carbocycles. The number of hydrogen-bond acceptors (Lipinski definition) is 2. The SMILES string of the molecule is Cc1ccc(CCC(=O)N2CCC(NC(=O)c3ccccc3F)CC2)cc1. The van der Waals surface area contributed by atoms with Gasteiger partial charge < -0.3 is 10.2 Å². The summed E-state index contributed by atoms with van der Waals surface area (Å²) in [4.78, 5) is 26.5. The van der Waals surface area contributed by atoms with Gasteiger partial charge in [0.05, 0.1) is 5.56 Å². The summed E-state index contributed by atoms with van der Waals surface area (Å²) in [5, 5.41) is 2.88. The highest BCUT2D eigenvalue weighted by molar-refractivity contribution is 5.94. The number of hydrogen-bond donors (Lipinski definition) is 1. The highest BCUT2D eigenvalue weighted by atomic mass is 19.1. The van der Waals surface area contributed by atoms with Crippen molar-refractivity contribution in [3.63, 3.8) is 0 Å². The quantitative estimate of drug-likeness (QED) is 0.878. The van der Waals surface area contributed by atoms with Crippen LogP contribution in [0.15, 0.2) is 48.5 Å². The Morgan fingerprint density at radius 3 is 2.41 bits per heavy atom. The van der Waals surface area contributed by atoms with E-state index < -0.39 is 11.7 Å². The van der Waals surface area contributed by atoms with Gasteiger partial charge in [0.2, 0.25) is 5.91 Å². The monoisotopic (exact) mass is 368 g/mol. The number of aryl methyl sites for hydroxylation is 2. The maximum absolute atomic E-state index is 13.7. The zero-order valence-electron chi connectivity index (χ0n) is 15.6. The molecule has 1 fully saturated rings. The molecule has 0 aliphatic carbocycles. The van der Waals surface area contributed by atoms with Crippen molar-refractivity contribution < 1.29 is 14.0 Å². The van der Waals surface area contributed by atoms with Gasteiger partial charge in [-0.2, -0.15) is 0 Å². The van der Waals surface area contributed by atoms with Gasteiger partial charge in [0, 0.05) is 25.6 Å². The summed E-state index contributed by atoms with van der Waals surface area (Å²) in [6, 6.07) is 14.2. The van der Waals surface area contributed by atoms with Crippen molar-refractivity contribution in [1.82, 2.24) is 10.2 Å². The first-order chi connectivity index (χ1) is 13.0. The molecule has 0 atom stereocenters. The van der Waals surface area contributed by atoms with Gasteiger partial charge in [-0.3, -0.25) is 9.59 Å². The Kier molecular flexibility index (Phi) is 6.22. The zero-order chi connectivity index (χ0) is 19.2. The van der Waals surface area contributed by atoms with Crippen LogP contribution in [0.25, 0.3) is 0 Å². The second-order valence-electron chi connectivity index (χ2n) is 7.09. The Morgan fingerprint density at radius 1 is 1.07 bits per heavy atom. The van der Waals surface area contributed by atoms with Gasteiger partial charge in [-0.05, 0) is 43.9 Å². The molecule has 0 radical (unpaired) electrons. The summed E-state index contributed by atoms with van der Waals surface area (Å²) >= 11 is 0. The summed E-state index contributed by atoms with van der Waals surface area (Å²) in [6.45, 7) is 3.29. The summed E-state index contributed by atoms with van der Waals surface area (Å²) in [7, 11) is 0. The van der Waals surface area contributed by atoms with E-state index in [1.54, 1.807) is 12.1 Å². The van der Waals surface area contributed by atoms with Crippen molar-refractivity contribution in [2.24, 2.45) is 0 Å². The Hall–Kier alpha value is -2.69. The number of carbonyl (C=O) groups is 2. The molecule has 0 saturated carbocycles. The summed E-state index contributed by atoms with van der Waals surface area (Å²) in [5.74, 6) is -0.759. The molecule has 0 spiro atoms. The van der Waals surface area contributed by atoms with E-state index in [1.807, 2.05) is 11.8 Å². The van der Waals surface area contributed by atoms with Crippen molar-refractivity contribution in [3.8, 4) is 0 Å². The molecule has 0 unspecified atom stereocenters. The molecular weight excluding hydrogens is 343 g/mol. The predicted octanol–water partition coefficient (Wildman–Crippen LogP) is 3.49. The number of piperidine rings is 1. The standard InChI is InChI=1S/C22H25FN2O2/c1-16-6-8-17(9-7-16)10-11-21(26)25-14-12-18(13-15-25)24-22(27)19-4-2-3-5-20(19)23/h2-9,18H,10-15H2,1H3,(H,24,27). The van der Waals surface area contributed by atoms with E-state index in [4.69, 9.17) is 0 Å². The first kappa shape index (κ1) is 19.1. The maximum atomic E-state index is 13.7. The fraction of sp³-hybridized carbons (Fsp3) is 0.364. The molecule has 1 heterocycles. The largest absolute Gasteiger partial charge is 0.349 e. The minimum Gasteiger partial charge on any atom is -0.349 e. The van der Waals surface area contributed by atoms with Gasteiger partial charge in [0.1, 0.15) is 5.82 Å². The van der Waals surface area contributed by atoms with Crippen LogP contribution in [-0.4, -0.2) is 35.8 Å². The van der Waals surface area contributed by atoms with Gasteiger partial charge in [-0.25, -0.2) is 4.39 Å². The molecule has 5 heteroatoms. The van der Waals surface area contributed by atoms with Crippen LogP contribution >= 0.6 is 0 Å². The third-order valence-corrected chi connectivity index (χ3v) is 5.05. The Balaban J connectivity index is 1.44. The highest BCUT2D eigenvalue weighted by Gasteiger charge is 2.24. The first-order valence-corrected chi connectivity index (χ1v) is 9.41. The molecule has 142 valence electrons. The highest BCUT2D eigenvalue weighted by Crippen LogP contribution is 2.15. The minimum absolute atomic E-state index is 0.0294. The van der Waals surface area contributed by atoms with Crippen molar-refractivity contribution in [2.75, 3.05) is 13.1 Å². The van der Waals surface area contributed by atoms with Crippen molar-refractivity contribution in [2.45, 2.75) is 38.6 Å². The zero-order valence-corrected chi connectivity index (χ0v) is 15.6. The second kappa shape index (κ2) is 8.80. The van der Waals surface area contributed by atoms with Gasteiger partial charge in [0.15, 0.2) is 0 Å². The van der Waals surface area contributed by atoms with E-state index in [0.717, 1.165) is 6.42 Å². The van der Waals surface area contributed by atoms with Crippen molar-refractivity contribution in [1.29, 1.82) is 0 Å². The molecule has 1 saturated heterocycles. The molecule has 27 heavy (non-hydrogen) atoms. The molecule has 1 N–H and O–H groups in total. The molecule has 0 aromatic heterocycles. The molecule has 0 bridgehead atoms. The normalized spacial score (nSPS) is 14.8. The molecule has 3 rings (SSSR count). The average Bonchev–Trinajstić information content (AvgIpc) is 2.68. The predicted molar refractivity (Wildman–Crippen MR) is 103 cm³/mol. The number of nitrogens with zero attached hydrogens (tertiary/aromatic N) is 1. The lowest BCUT2D eigenvalue weighted by molar-refractivity contribution is -0.132. The van der Waals surface area contributed by atoms with E-state index in [-0.39, 0.29) is 17.5 Å². The van der Waals surface area contributed by atoms with Gasteiger partial charge in [-0.15, -0.1) is 0 Å². The lowest BCUT2D eigenvalue weighted by Gasteiger charge is -2.32. The van der Waals surface area contributed by atoms with Crippen LogP contribution in [0.3, 0.4) is 0 Å². The Morgan fingerprint density at radius 2 is 1.74 bits per heavy atom. The molecule has 4 nitrogen and oxygen atoms in total. The molecule has 2 aromatic rings. The van der Waals surface area contributed by atoms with E-state index in [9.17, 15) is 14.0 Å². The minimum atomic E-state index is -0.515. The fourth-order valence-corrected chi connectivity index (χ4v) is 3.35. The first-order valence-electron chi connectivity index (χ1n) is 9.41. The number of amides is 2. The summed E-state index contributed by atoms with van der Waals surface area (Å²) in [6.07, 6.45) is 2.62. The number of likely N-dealkylation sites (tertiary alicyclic amines) is 1. The van der Waals surface area contributed by atoms with Gasteiger partial charge in [0.25, 0.3) is 5.91 Å². The van der Waals surface area contributed by atoms with Crippen LogP contribution < -0.4 is 5.32 Å². The van der Waals surface area contributed by atoms with E-state index in [0.29, 0.717) is 32.4 Å². The van der Waals surface area contributed by atoms with Crippen LogP contribution in [0.2, 0.25) is 0 Å². The lowest BCUT2D eigenvalue weighted by Crippen LogP contribution is -2.46. The number of halogens is 1. The van der Waals surface area contributed by atoms with Crippen molar-refractivity contribution >= 4 is 11.8 Å². The van der Waals surface area contributed by atoms with Crippen LogP contribution in [0.4, 0.5) is 4.39 Å². The van der Waals surface area contributed by atoms with Gasteiger partial charge >= 0.3 is 0 Å². The Labute approximate surface area is 159 Å². The van der Waals surface area contributed by atoms with Crippen LogP contribution in [0, 0.1) is 12.7 Å². The summed E-state index contributed by atoms with van der Waals surface area (Å²) < 4.78 is 13.7. The third-order valence-electron chi connectivity index (χ3n) is 5.05. The number of carbonyl (C=O) groups excluding carboxylic acids is 2. The summed E-state index contributed by atoms with van der Waals surface area (Å²) in [5.41, 5.74) is 2.44. The number of rotatable bonds is 5. The third kappa shape index (κ3) is 5.16. The van der Waals surface area contributed by atoms with Crippen LogP contribution in [0.1, 0.15) is 40.7 Å². The molecule has 1 aliphatic heterocycles. The van der Waals surface area contributed by atoms with Crippen LogP contribution in [0.5, 0.6) is 0 Å². The number of nitrogens with one attached hydrogen (secondary N) is 1. The molecular formula is C22H25FN2O2. The van der Waals surface area contributed by atoms with Crippen molar-refractivity contribution in [3.05, 3.63) is 71.0 Å². The topological polar surface area (TPSA) is 49.4 Å². The van der Waals surface area contributed by atoms with E-state index >= 15 is 0 Å². The van der Waals surface area contributed by atoms with Crippen LogP contribution in [-0.2, 0) is 11.2 Å². The average molecular weight is 368 g/mol. The Bertz CT molecular complexity index is 796. The number of benzene rings is 2. The molecule has 1 aliphatic rings. The fourth-order valence-electron chi connectivity index (χ4n) is 3.35. The van der Waals surface area contributed by atoms with E-state index in [1.165, 1.54) is 23.3 Å². The van der Waals surface area contributed by atoms with E-state index in [2.05, 4.69) is 29.6 Å². The lowest BCUT2D eigenvalue weighted by atomic mass is 10.0.